The van der Waals surface area contributed by atoms with Gasteiger partial charge in [-0.15, -0.1) is 0 Å². The molecule has 2 aromatic rings. The standard InChI is InChI=1S/C18H20BrN/c1-2-14-11-17(19)8-9-18(14)20-12-13-6-7-15-4-3-5-16(15)10-13/h6-11,20H,2-5,12H2,1H3. The van der Waals surface area contributed by atoms with Crippen LogP contribution < -0.4 is 5.32 Å². The summed E-state index contributed by atoms with van der Waals surface area (Å²) in [6.07, 6.45) is 4.88. The van der Waals surface area contributed by atoms with Gasteiger partial charge in [0.15, 0.2) is 0 Å². The Bertz CT molecular complexity index is 619. The number of rotatable bonds is 4. The number of aryl methyl sites for hydroxylation is 3. The van der Waals surface area contributed by atoms with Crippen LogP contribution in [-0.2, 0) is 25.8 Å². The van der Waals surface area contributed by atoms with E-state index in [0.717, 1.165) is 17.4 Å². The number of benzene rings is 2. The molecule has 0 spiro atoms. The van der Waals surface area contributed by atoms with Crippen LogP contribution in [0.2, 0.25) is 0 Å². The summed E-state index contributed by atoms with van der Waals surface area (Å²) in [4.78, 5) is 0. The minimum absolute atomic E-state index is 0.905. The van der Waals surface area contributed by atoms with E-state index in [2.05, 4.69) is 64.6 Å². The van der Waals surface area contributed by atoms with Crippen molar-refractivity contribution in [2.24, 2.45) is 0 Å². The topological polar surface area (TPSA) is 12.0 Å². The quantitative estimate of drug-likeness (QED) is 0.821. The van der Waals surface area contributed by atoms with Crippen LogP contribution in [0.25, 0.3) is 0 Å². The highest BCUT2D eigenvalue weighted by Gasteiger charge is 2.10. The van der Waals surface area contributed by atoms with Gasteiger partial charge in [-0.1, -0.05) is 41.1 Å². The third kappa shape index (κ3) is 2.90. The van der Waals surface area contributed by atoms with Gasteiger partial charge in [-0.05, 0) is 66.1 Å². The van der Waals surface area contributed by atoms with Gasteiger partial charge in [-0.2, -0.15) is 0 Å². The Morgan fingerprint density at radius 2 is 1.90 bits per heavy atom. The van der Waals surface area contributed by atoms with E-state index in [1.54, 1.807) is 11.1 Å². The highest BCUT2D eigenvalue weighted by atomic mass is 79.9. The summed E-state index contributed by atoms with van der Waals surface area (Å²) in [7, 11) is 0. The van der Waals surface area contributed by atoms with Crippen molar-refractivity contribution in [1.82, 2.24) is 0 Å². The number of hydrogen-bond donors (Lipinski definition) is 1. The van der Waals surface area contributed by atoms with E-state index >= 15 is 0 Å². The fraction of sp³-hybridized carbons (Fsp3) is 0.333. The van der Waals surface area contributed by atoms with Crippen molar-refractivity contribution in [3.8, 4) is 0 Å². The molecule has 0 heterocycles. The number of fused-ring (bicyclic) bond motifs is 1. The Morgan fingerprint density at radius 1 is 1.05 bits per heavy atom. The first-order valence-electron chi connectivity index (χ1n) is 7.39. The molecular formula is C18H20BrN. The summed E-state index contributed by atoms with van der Waals surface area (Å²) in [5.41, 5.74) is 7.09. The van der Waals surface area contributed by atoms with Crippen molar-refractivity contribution in [2.75, 3.05) is 5.32 Å². The lowest BCUT2D eigenvalue weighted by Gasteiger charge is -2.12. The average Bonchev–Trinajstić information content (AvgIpc) is 2.93. The molecule has 0 unspecified atom stereocenters. The highest BCUT2D eigenvalue weighted by Crippen LogP contribution is 2.25. The molecule has 1 nitrogen and oxygen atoms in total. The van der Waals surface area contributed by atoms with Crippen molar-refractivity contribution in [3.63, 3.8) is 0 Å². The van der Waals surface area contributed by atoms with Crippen LogP contribution >= 0.6 is 15.9 Å². The normalized spacial score (nSPS) is 13.3. The number of anilines is 1. The second-order valence-electron chi connectivity index (χ2n) is 5.47. The summed E-state index contributed by atoms with van der Waals surface area (Å²) < 4.78 is 1.15. The maximum atomic E-state index is 3.58. The Balaban J connectivity index is 1.73. The van der Waals surface area contributed by atoms with Gasteiger partial charge in [0, 0.05) is 16.7 Å². The predicted molar refractivity (Wildman–Crippen MR) is 89.3 cm³/mol. The summed E-state index contributed by atoms with van der Waals surface area (Å²) in [6, 6.07) is 13.4. The first-order chi connectivity index (χ1) is 9.76. The van der Waals surface area contributed by atoms with Crippen molar-refractivity contribution in [2.45, 2.75) is 39.2 Å². The van der Waals surface area contributed by atoms with Crippen LogP contribution in [0.15, 0.2) is 40.9 Å². The van der Waals surface area contributed by atoms with Gasteiger partial charge in [0.2, 0.25) is 0 Å². The fourth-order valence-corrected chi connectivity index (χ4v) is 3.37. The lowest BCUT2D eigenvalue weighted by Crippen LogP contribution is -2.02. The van der Waals surface area contributed by atoms with E-state index < -0.39 is 0 Å². The van der Waals surface area contributed by atoms with E-state index in [-0.39, 0.29) is 0 Å². The molecule has 0 radical (unpaired) electrons. The Morgan fingerprint density at radius 3 is 2.75 bits per heavy atom. The maximum absolute atomic E-state index is 3.58. The second kappa shape index (κ2) is 6.01. The summed E-state index contributed by atoms with van der Waals surface area (Å²) in [6.45, 7) is 3.10. The van der Waals surface area contributed by atoms with Gasteiger partial charge < -0.3 is 5.32 Å². The molecule has 104 valence electrons. The van der Waals surface area contributed by atoms with Gasteiger partial charge >= 0.3 is 0 Å². The third-order valence-electron chi connectivity index (χ3n) is 4.09. The number of nitrogens with one attached hydrogen (secondary N) is 1. The largest absolute Gasteiger partial charge is 0.381 e. The van der Waals surface area contributed by atoms with Gasteiger partial charge in [-0.3, -0.25) is 0 Å². The molecule has 0 saturated carbocycles. The molecule has 0 atom stereocenters. The van der Waals surface area contributed by atoms with Crippen LogP contribution in [0.4, 0.5) is 5.69 Å². The molecule has 20 heavy (non-hydrogen) atoms. The van der Waals surface area contributed by atoms with Gasteiger partial charge in [0.05, 0.1) is 0 Å². The zero-order valence-electron chi connectivity index (χ0n) is 11.9. The molecular weight excluding hydrogens is 310 g/mol. The number of halogens is 1. The lowest BCUT2D eigenvalue weighted by molar-refractivity contribution is 0.911. The Kier molecular flexibility index (Phi) is 4.11. The zero-order chi connectivity index (χ0) is 13.9. The molecule has 0 aromatic heterocycles. The Labute approximate surface area is 129 Å². The van der Waals surface area contributed by atoms with Crippen LogP contribution in [-0.4, -0.2) is 0 Å². The van der Waals surface area contributed by atoms with Crippen LogP contribution in [0.1, 0.15) is 35.6 Å². The monoisotopic (exact) mass is 329 g/mol. The first kappa shape index (κ1) is 13.7. The van der Waals surface area contributed by atoms with E-state index in [0.29, 0.717) is 0 Å². The molecule has 2 heteroatoms. The average molecular weight is 330 g/mol. The predicted octanol–water partition coefficient (Wildman–Crippen LogP) is 5.11. The molecule has 1 N–H and O–H groups in total. The molecule has 0 bridgehead atoms. The molecule has 0 aliphatic heterocycles. The van der Waals surface area contributed by atoms with Crippen LogP contribution in [0.5, 0.6) is 0 Å². The van der Waals surface area contributed by atoms with E-state index in [1.165, 1.54) is 36.1 Å². The van der Waals surface area contributed by atoms with Gasteiger partial charge in [-0.25, -0.2) is 0 Å². The smallest absolute Gasteiger partial charge is 0.0400 e. The minimum Gasteiger partial charge on any atom is -0.381 e. The van der Waals surface area contributed by atoms with E-state index in [1.807, 2.05) is 0 Å². The minimum atomic E-state index is 0.905. The summed E-state index contributed by atoms with van der Waals surface area (Å²) in [5, 5.41) is 3.58. The van der Waals surface area contributed by atoms with Crippen molar-refractivity contribution >= 4 is 21.6 Å². The highest BCUT2D eigenvalue weighted by molar-refractivity contribution is 9.10. The SMILES string of the molecule is CCc1cc(Br)ccc1NCc1ccc2c(c1)CCC2. The van der Waals surface area contributed by atoms with Crippen molar-refractivity contribution < 1.29 is 0 Å². The van der Waals surface area contributed by atoms with Crippen molar-refractivity contribution in [3.05, 3.63) is 63.1 Å². The molecule has 3 rings (SSSR count). The summed E-state index contributed by atoms with van der Waals surface area (Å²) >= 11 is 3.54. The molecule has 0 fully saturated rings. The second-order valence-corrected chi connectivity index (χ2v) is 6.38. The van der Waals surface area contributed by atoms with Gasteiger partial charge in [0.1, 0.15) is 0 Å². The van der Waals surface area contributed by atoms with Crippen LogP contribution in [0, 0.1) is 0 Å². The van der Waals surface area contributed by atoms with E-state index in [9.17, 15) is 0 Å². The number of hydrogen-bond acceptors (Lipinski definition) is 1. The maximum Gasteiger partial charge on any atom is 0.0400 e. The fourth-order valence-electron chi connectivity index (χ4n) is 2.96. The molecule has 1 aliphatic carbocycles. The lowest BCUT2D eigenvalue weighted by atomic mass is 10.1. The van der Waals surface area contributed by atoms with Crippen LogP contribution in [0.3, 0.4) is 0 Å². The van der Waals surface area contributed by atoms with Crippen molar-refractivity contribution in [1.29, 1.82) is 0 Å². The molecule has 0 amide bonds. The third-order valence-corrected chi connectivity index (χ3v) is 4.59. The van der Waals surface area contributed by atoms with E-state index in [4.69, 9.17) is 0 Å². The molecule has 2 aromatic carbocycles. The molecule has 0 saturated heterocycles. The first-order valence-corrected chi connectivity index (χ1v) is 8.18. The zero-order valence-corrected chi connectivity index (χ0v) is 13.5. The molecule has 1 aliphatic rings. The Hall–Kier alpha value is -1.28. The van der Waals surface area contributed by atoms with Gasteiger partial charge in [0.25, 0.3) is 0 Å². The summed E-state index contributed by atoms with van der Waals surface area (Å²) in [5.74, 6) is 0.